The Morgan fingerprint density at radius 3 is 2.39 bits per heavy atom. The van der Waals surface area contributed by atoms with E-state index in [0.717, 1.165) is 28.1 Å². The molecule has 0 saturated heterocycles. The molecule has 4 aromatic carbocycles. The van der Waals surface area contributed by atoms with E-state index >= 15 is 0 Å². The second-order valence-corrected chi connectivity index (χ2v) is 8.55. The zero-order chi connectivity index (χ0) is 24.9. The summed E-state index contributed by atoms with van der Waals surface area (Å²) in [5, 5.41) is 8.78. The maximum Gasteiger partial charge on any atom is 0.303 e. The highest BCUT2D eigenvalue weighted by molar-refractivity contribution is 5.84. The first-order chi connectivity index (χ1) is 17.6. The van der Waals surface area contributed by atoms with E-state index in [-0.39, 0.29) is 6.42 Å². The third-order valence-corrected chi connectivity index (χ3v) is 5.80. The summed E-state index contributed by atoms with van der Waals surface area (Å²) in [7, 11) is 0. The van der Waals surface area contributed by atoms with Crippen molar-refractivity contribution in [2.75, 3.05) is 6.61 Å². The molecule has 0 atom stereocenters. The third-order valence-electron chi connectivity index (χ3n) is 5.80. The summed E-state index contributed by atoms with van der Waals surface area (Å²) >= 11 is 0. The van der Waals surface area contributed by atoms with Gasteiger partial charge in [-0.25, -0.2) is 4.98 Å². The molecule has 5 rings (SSSR count). The number of carbonyl (C=O) groups is 1. The Morgan fingerprint density at radius 2 is 1.61 bits per heavy atom. The van der Waals surface area contributed by atoms with E-state index in [4.69, 9.17) is 19.6 Å². The predicted octanol–water partition coefficient (Wildman–Crippen LogP) is 7.04. The van der Waals surface area contributed by atoms with Gasteiger partial charge in [-0.3, -0.25) is 9.36 Å². The number of carboxylic acids is 1. The number of aliphatic carboxylic acids is 1. The van der Waals surface area contributed by atoms with E-state index in [1.807, 2.05) is 54.6 Å². The number of carboxylic acid groups (broad SMARTS) is 1. The highest BCUT2D eigenvalue weighted by Crippen LogP contribution is 2.33. The minimum absolute atomic E-state index is 0.0792. The van der Waals surface area contributed by atoms with Crippen LogP contribution in [0.3, 0.4) is 0 Å². The summed E-state index contributed by atoms with van der Waals surface area (Å²) in [5.41, 5.74) is 5.06. The van der Waals surface area contributed by atoms with Crippen molar-refractivity contribution in [1.29, 1.82) is 0 Å². The Labute approximate surface area is 209 Å². The molecule has 0 saturated carbocycles. The molecule has 180 valence electrons. The zero-order valence-electron chi connectivity index (χ0n) is 19.9. The smallest absolute Gasteiger partial charge is 0.303 e. The van der Waals surface area contributed by atoms with Crippen LogP contribution < -0.4 is 9.47 Å². The van der Waals surface area contributed by atoms with Crippen molar-refractivity contribution in [2.45, 2.75) is 19.8 Å². The average molecular weight is 479 g/mol. The SMILES string of the molecule is Cc1ccc(-n2c(-c3ccccc3)nc3ccc(Oc4cccc(OCCCC(=O)O)c4)cc32)cc1. The van der Waals surface area contributed by atoms with Crippen molar-refractivity contribution in [1.82, 2.24) is 9.55 Å². The second-order valence-electron chi connectivity index (χ2n) is 8.55. The minimum atomic E-state index is -0.827. The van der Waals surface area contributed by atoms with E-state index in [0.29, 0.717) is 30.3 Å². The van der Waals surface area contributed by atoms with Crippen LogP contribution in [0, 0.1) is 6.92 Å². The molecule has 0 radical (unpaired) electrons. The first kappa shape index (κ1) is 23.2. The van der Waals surface area contributed by atoms with Crippen molar-refractivity contribution in [2.24, 2.45) is 0 Å². The van der Waals surface area contributed by atoms with Gasteiger partial charge in [0.2, 0.25) is 0 Å². The molecule has 1 N–H and O–H groups in total. The molecule has 0 spiro atoms. The monoisotopic (exact) mass is 478 g/mol. The molecule has 0 unspecified atom stereocenters. The summed E-state index contributed by atoms with van der Waals surface area (Å²) in [6.07, 6.45) is 0.527. The number of nitrogens with zero attached hydrogens (tertiary/aromatic N) is 2. The van der Waals surface area contributed by atoms with Crippen LogP contribution >= 0.6 is 0 Å². The Kier molecular flexibility index (Phi) is 6.67. The van der Waals surface area contributed by atoms with E-state index in [1.54, 1.807) is 6.07 Å². The summed E-state index contributed by atoms with van der Waals surface area (Å²) < 4.78 is 14.0. The van der Waals surface area contributed by atoms with Crippen LogP contribution in [0.15, 0.2) is 97.1 Å². The fraction of sp³-hybridized carbons (Fsp3) is 0.133. The van der Waals surface area contributed by atoms with Crippen molar-refractivity contribution >= 4 is 17.0 Å². The fourth-order valence-electron chi connectivity index (χ4n) is 4.03. The molecule has 0 amide bonds. The number of imidazole rings is 1. The van der Waals surface area contributed by atoms with Crippen molar-refractivity contribution in [3.05, 3.63) is 103 Å². The van der Waals surface area contributed by atoms with Crippen LogP contribution in [0.5, 0.6) is 17.2 Å². The van der Waals surface area contributed by atoms with E-state index < -0.39 is 5.97 Å². The maximum absolute atomic E-state index is 10.7. The molecule has 0 fully saturated rings. The molecular weight excluding hydrogens is 452 g/mol. The average Bonchev–Trinajstić information content (AvgIpc) is 3.27. The number of fused-ring (bicyclic) bond motifs is 1. The lowest BCUT2D eigenvalue weighted by Crippen LogP contribution is -2.02. The van der Waals surface area contributed by atoms with Gasteiger partial charge < -0.3 is 14.6 Å². The highest BCUT2D eigenvalue weighted by atomic mass is 16.5. The van der Waals surface area contributed by atoms with Crippen molar-refractivity contribution in [3.63, 3.8) is 0 Å². The van der Waals surface area contributed by atoms with Gasteiger partial charge in [-0.05, 0) is 49.7 Å². The van der Waals surface area contributed by atoms with Gasteiger partial charge in [0.1, 0.15) is 23.1 Å². The molecule has 0 aliphatic rings. The van der Waals surface area contributed by atoms with Crippen LogP contribution in [0.1, 0.15) is 18.4 Å². The Morgan fingerprint density at radius 1 is 0.861 bits per heavy atom. The molecule has 0 aliphatic carbocycles. The number of benzene rings is 4. The summed E-state index contributed by atoms with van der Waals surface area (Å²) in [4.78, 5) is 15.6. The van der Waals surface area contributed by atoms with Crippen molar-refractivity contribution < 1.29 is 19.4 Å². The molecule has 6 nitrogen and oxygen atoms in total. The van der Waals surface area contributed by atoms with Crippen LogP contribution in [-0.4, -0.2) is 27.2 Å². The van der Waals surface area contributed by atoms with E-state index in [1.165, 1.54) is 5.56 Å². The Balaban J connectivity index is 1.47. The number of aryl methyl sites for hydroxylation is 1. The largest absolute Gasteiger partial charge is 0.493 e. The predicted molar refractivity (Wildman–Crippen MR) is 140 cm³/mol. The molecule has 1 heterocycles. The zero-order valence-corrected chi connectivity index (χ0v) is 19.9. The number of aromatic nitrogens is 2. The van der Waals surface area contributed by atoms with Crippen LogP contribution in [0.25, 0.3) is 28.1 Å². The van der Waals surface area contributed by atoms with Gasteiger partial charge in [-0.2, -0.15) is 0 Å². The van der Waals surface area contributed by atoms with Gasteiger partial charge in [0.05, 0.1) is 17.6 Å². The van der Waals surface area contributed by atoms with Crippen LogP contribution in [-0.2, 0) is 4.79 Å². The summed E-state index contributed by atoms with van der Waals surface area (Å²) in [6.45, 7) is 2.41. The van der Waals surface area contributed by atoms with Crippen molar-refractivity contribution in [3.8, 4) is 34.3 Å². The molecule has 1 aromatic heterocycles. The van der Waals surface area contributed by atoms with E-state index in [9.17, 15) is 4.79 Å². The highest BCUT2D eigenvalue weighted by Gasteiger charge is 2.15. The van der Waals surface area contributed by atoms with Gasteiger partial charge in [0.15, 0.2) is 0 Å². The van der Waals surface area contributed by atoms with Gasteiger partial charge in [-0.15, -0.1) is 0 Å². The van der Waals surface area contributed by atoms with Gasteiger partial charge in [0.25, 0.3) is 0 Å². The Bertz CT molecular complexity index is 1490. The minimum Gasteiger partial charge on any atom is -0.493 e. The molecule has 36 heavy (non-hydrogen) atoms. The first-order valence-corrected chi connectivity index (χ1v) is 11.8. The van der Waals surface area contributed by atoms with E-state index in [2.05, 4.69) is 47.9 Å². The number of rotatable bonds is 9. The topological polar surface area (TPSA) is 73.6 Å². The molecule has 5 aromatic rings. The van der Waals surface area contributed by atoms with Crippen LogP contribution in [0.4, 0.5) is 0 Å². The number of ether oxygens (including phenoxy) is 2. The van der Waals surface area contributed by atoms with Gasteiger partial charge in [-0.1, -0.05) is 54.1 Å². The lowest BCUT2D eigenvalue weighted by molar-refractivity contribution is -0.137. The van der Waals surface area contributed by atoms with Crippen LogP contribution in [0.2, 0.25) is 0 Å². The van der Waals surface area contributed by atoms with Gasteiger partial charge in [0, 0.05) is 29.8 Å². The standard InChI is InChI=1S/C30H26N2O4/c1-21-12-14-23(15-13-21)32-28-20-26(16-17-27(28)31-30(32)22-7-3-2-4-8-22)36-25-10-5-9-24(19-25)35-18-6-11-29(33)34/h2-5,7-10,12-17,19-20H,6,11,18H2,1H3,(H,33,34). The second kappa shape index (κ2) is 10.4. The Hall–Kier alpha value is -4.58. The molecule has 0 aliphatic heterocycles. The molecule has 0 bridgehead atoms. The summed E-state index contributed by atoms with van der Waals surface area (Å²) in [6, 6.07) is 31.7. The molecule has 6 heteroatoms. The lowest BCUT2D eigenvalue weighted by Gasteiger charge is -2.12. The first-order valence-electron chi connectivity index (χ1n) is 11.8. The van der Waals surface area contributed by atoms with Gasteiger partial charge >= 0.3 is 5.97 Å². The fourth-order valence-corrected chi connectivity index (χ4v) is 4.03. The number of hydrogen-bond acceptors (Lipinski definition) is 4. The molecular formula is C30H26N2O4. The quantitative estimate of drug-likeness (QED) is 0.230. The number of hydrogen-bond donors (Lipinski definition) is 1. The normalized spacial score (nSPS) is 10.9. The third kappa shape index (κ3) is 5.23. The lowest BCUT2D eigenvalue weighted by atomic mass is 10.2. The summed E-state index contributed by atoms with van der Waals surface area (Å²) in [5.74, 6) is 1.98. The maximum atomic E-state index is 10.7.